The first kappa shape index (κ1) is 26.0. The Morgan fingerprint density at radius 1 is 1.11 bits per heavy atom. The molecule has 0 saturated heterocycles. The lowest BCUT2D eigenvalue weighted by atomic mass is 9.80. The maximum Gasteiger partial charge on any atom is 0.306 e. The van der Waals surface area contributed by atoms with Gasteiger partial charge in [0.25, 0.3) is 5.91 Å². The van der Waals surface area contributed by atoms with Crippen molar-refractivity contribution in [2.45, 2.75) is 116 Å². The number of hydrogen-bond acceptors (Lipinski definition) is 3. The second-order valence-electron chi connectivity index (χ2n) is 13.3. The van der Waals surface area contributed by atoms with Crippen molar-refractivity contribution < 1.29 is 14.7 Å². The Kier molecular flexibility index (Phi) is 6.74. The number of hydrogen-bond donors (Lipinski definition) is 2. The Bertz CT molecular complexity index is 1170. The molecule has 6 heteroatoms. The van der Waals surface area contributed by atoms with E-state index < -0.39 is 5.97 Å². The number of carbonyl (C=O) groups is 2. The maximum absolute atomic E-state index is 13.4. The Balaban J connectivity index is 1.52. The number of nitrogens with one attached hydrogen (secondary N) is 1. The molecule has 200 valence electrons. The van der Waals surface area contributed by atoms with E-state index in [1.54, 1.807) is 0 Å². The Hall–Kier alpha value is -2.63. The van der Waals surface area contributed by atoms with Gasteiger partial charge in [-0.2, -0.15) is 0 Å². The fourth-order valence-corrected chi connectivity index (χ4v) is 5.99. The minimum absolute atomic E-state index is 0.0621. The first-order chi connectivity index (χ1) is 17.4. The smallest absolute Gasteiger partial charge is 0.306 e. The lowest BCUT2D eigenvalue weighted by Gasteiger charge is -2.32. The first-order valence-electron chi connectivity index (χ1n) is 14.2. The highest BCUT2D eigenvalue weighted by Gasteiger charge is 2.41. The summed E-state index contributed by atoms with van der Waals surface area (Å²) in [7, 11) is 0. The van der Waals surface area contributed by atoms with Gasteiger partial charge in [-0.1, -0.05) is 47.0 Å². The second kappa shape index (κ2) is 9.59. The van der Waals surface area contributed by atoms with E-state index in [9.17, 15) is 14.7 Å². The van der Waals surface area contributed by atoms with Crippen molar-refractivity contribution in [3.8, 4) is 11.3 Å². The molecule has 2 N–H and O–H groups in total. The fourth-order valence-electron chi connectivity index (χ4n) is 5.99. The van der Waals surface area contributed by atoms with Gasteiger partial charge in [0.1, 0.15) is 0 Å². The number of amides is 1. The molecule has 2 aromatic heterocycles. The van der Waals surface area contributed by atoms with Gasteiger partial charge in [-0.3, -0.25) is 14.6 Å². The molecule has 37 heavy (non-hydrogen) atoms. The molecular weight excluding hydrogens is 462 g/mol. The molecule has 1 amide bonds. The van der Waals surface area contributed by atoms with E-state index >= 15 is 0 Å². The number of rotatable bonds is 7. The average molecular weight is 506 g/mol. The normalized spacial score (nSPS) is 23.4. The predicted octanol–water partition coefficient (Wildman–Crippen LogP) is 6.38. The Morgan fingerprint density at radius 2 is 1.78 bits per heavy atom. The maximum atomic E-state index is 13.4. The van der Waals surface area contributed by atoms with Crippen LogP contribution >= 0.6 is 0 Å². The number of carboxylic acids is 1. The minimum Gasteiger partial charge on any atom is -0.481 e. The quantitative estimate of drug-likeness (QED) is 0.457. The molecule has 2 heterocycles. The van der Waals surface area contributed by atoms with Crippen LogP contribution in [-0.2, 0) is 22.2 Å². The van der Waals surface area contributed by atoms with E-state index in [1.807, 2.05) is 0 Å². The second-order valence-corrected chi connectivity index (χ2v) is 13.3. The topological polar surface area (TPSA) is 84.2 Å². The monoisotopic (exact) mass is 505 g/mol. The lowest BCUT2D eigenvalue weighted by molar-refractivity contribution is -0.145. The minimum atomic E-state index is -0.768. The molecule has 0 spiro atoms. The van der Waals surface area contributed by atoms with Crippen LogP contribution in [0.3, 0.4) is 0 Å². The zero-order valence-electron chi connectivity index (χ0n) is 23.2. The number of aliphatic carboxylic acids is 1. The summed E-state index contributed by atoms with van der Waals surface area (Å²) < 4.78 is 2.38. The highest BCUT2D eigenvalue weighted by molar-refractivity contribution is 5.97. The molecule has 0 unspecified atom stereocenters. The lowest BCUT2D eigenvalue weighted by Crippen LogP contribution is -2.46. The van der Waals surface area contributed by atoms with Gasteiger partial charge in [0.2, 0.25) is 0 Å². The zero-order valence-corrected chi connectivity index (χ0v) is 23.2. The van der Waals surface area contributed by atoms with Crippen molar-refractivity contribution in [2.24, 2.45) is 11.8 Å². The number of pyridine rings is 1. The predicted molar refractivity (Wildman–Crippen MR) is 146 cm³/mol. The van der Waals surface area contributed by atoms with E-state index in [0.717, 1.165) is 34.9 Å². The summed E-state index contributed by atoms with van der Waals surface area (Å²) >= 11 is 0. The zero-order chi connectivity index (χ0) is 26.5. The van der Waals surface area contributed by atoms with Gasteiger partial charge < -0.3 is 15.0 Å². The van der Waals surface area contributed by atoms with Gasteiger partial charge in [0.15, 0.2) is 0 Å². The number of aromatic nitrogens is 2. The van der Waals surface area contributed by atoms with Crippen LogP contribution in [0.5, 0.6) is 0 Å². The molecule has 0 aromatic carbocycles. The van der Waals surface area contributed by atoms with Crippen molar-refractivity contribution in [3.63, 3.8) is 0 Å². The summed E-state index contributed by atoms with van der Waals surface area (Å²) in [4.78, 5) is 29.7. The molecular formula is C31H43N3O3. The molecule has 3 aliphatic carbocycles. The average Bonchev–Trinajstić information content (AvgIpc) is 3.50. The number of nitrogens with zero attached hydrogens (tertiary/aromatic N) is 2. The molecule has 2 aromatic rings. The highest BCUT2D eigenvalue weighted by atomic mass is 16.4. The summed E-state index contributed by atoms with van der Waals surface area (Å²) in [6.07, 6.45) is 9.73. The van der Waals surface area contributed by atoms with Crippen LogP contribution in [0.1, 0.15) is 113 Å². The van der Waals surface area contributed by atoms with Gasteiger partial charge in [-0.05, 0) is 69.6 Å². The Labute approximate surface area is 221 Å². The third-order valence-corrected chi connectivity index (χ3v) is 9.11. The van der Waals surface area contributed by atoms with Crippen LogP contribution in [-0.4, -0.2) is 32.6 Å². The standard InChI is InChI=1S/C31H43N3O3/c1-19-24(28(35)32-23-13-22(14-23)29(36)37)17-25(34(19)18-20-9-7-6-8-10-20)21-15-26(30(2,3)4)33-27(16-21)31(5)11-12-31/h15-17,20,22-23H,6-14,18H2,1-5H3,(H,32,35)(H,36,37). The van der Waals surface area contributed by atoms with Gasteiger partial charge in [-0.15, -0.1) is 0 Å². The summed E-state index contributed by atoms with van der Waals surface area (Å²) in [5.41, 5.74) is 6.29. The first-order valence-corrected chi connectivity index (χ1v) is 14.2. The van der Waals surface area contributed by atoms with Crippen molar-refractivity contribution in [1.29, 1.82) is 0 Å². The molecule has 6 nitrogen and oxygen atoms in total. The van der Waals surface area contributed by atoms with Crippen LogP contribution in [0.15, 0.2) is 18.2 Å². The van der Waals surface area contributed by atoms with E-state index in [-0.39, 0.29) is 28.7 Å². The summed E-state index contributed by atoms with van der Waals surface area (Å²) in [6, 6.07) is 6.50. The Morgan fingerprint density at radius 3 is 2.38 bits per heavy atom. The molecule has 0 aliphatic heterocycles. The van der Waals surface area contributed by atoms with E-state index in [2.05, 4.69) is 62.7 Å². The third-order valence-electron chi connectivity index (χ3n) is 9.11. The van der Waals surface area contributed by atoms with Crippen molar-refractivity contribution >= 4 is 11.9 Å². The van der Waals surface area contributed by atoms with Gasteiger partial charge in [-0.25, -0.2) is 0 Å². The van der Waals surface area contributed by atoms with E-state index in [4.69, 9.17) is 4.98 Å². The summed E-state index contributed by atoms with van der Waals surface area (Å²) in [6.45, 7) is 11.9. The fraction of sp³-hybridized carbons (Fsp3) is 0.645. The van der Waals surface area contributed by atoms with Crippen LogP contribution < -0.4 is 5.32 Å². The third kappa shape index (κ3) is 5.35. The molecule has 0 radical (unpaired) electrons. The van der Waals surface area contributed by atoms with Gasteiger partial charge in [0, 0.05) is 51.8 Å². The molecule has 3 saturated carbocycles. The number of carbonyl (C=O) groups excluding carboxylic acids is 1. The van der Waals surface area contributed by atoms with Crippen LogP contribution in [0.25, 0.3) is 11.3 Å². The highest BCUT2D eigenvalue weighted by Crippen LogP contribution is 2.48. The molecule has 3 fully saturated rings. The van der Waals surface area contributed by atoms with Crippen LogP contribution in [0.2, 0.25) is 0 Å². The molecule has 0 bridgehead atoms. The summed E-state index contributed by atoms with van der Waals surface area (Å²) in [5, 5.41) is 12.3. The van der Waals surface area contributed by atoms with E-state index in [0.29, 0.717) is 24.3 Å². The molecule has 0 atom stereocenters. The largest absolute Gasteiger partial charge is 0.481 e. The summed E-state index contributed by atoms with van der Waals surface area (Å²) in [5.74, 6) is -0.570. The van der Waals surface area contributed by atoms with Gasteiger partial charge >= 0.3 is 5.97 Å². The SMILES string of the molecule is Cc1c(C(=O)NC2CC(C(=O)O)C2)cc(-c2cc(C(C)(C)C)nc(C3(C)CC3)c2)n1CC1CCCCC1. The van der Waals surface area contributed by atoms with Crippen molar-refractivity contribution in [3.05, 3.63) is 40.8 Å². The number of carboxylic acid groups (broad SMARTS) is 1. The van der Waals surface area contributed by atoms with Crippen LogP contribution in [0, 0.1) is 18.8 Å². The van der Waals surface area contributed by atoms with Crippen molar-refractivity contribution in [1.82, 2.24) is 14.9 Å². The molecule has 5 rings (SSSR count). The van der Waals surface area contributed by atoms with E-state index in [1.165, 1.54) is 44.9 Å². The van der Waals surface area contributed by atoms with Crippen LogP contribution in [0.4, 0.5) is 0 Å². The van der Waals surface area contributed by atoms with Crippen molar-refractivity contribution in [2.75, 3.05) is 0 Å². The molecule has 3 aliphatic rings. The van der Waals surface area contributed by atoms with Gasteiger partial charge in [0.05, 0.1) is 11.5 Å².